The average Bonchev–Trinajstić information content (AvgIpc) is 3.19. The average molecular weight is 539 g/mol. The summed E-state index contributed by atoms with van der Waals surface area (Å²) in [5.74, 6) is 2.08. The number of nitrogens with zero attached hydrogens (tertiary/aromatic N) is 1. The highest BCUT2D eigenvalue weighted by Crippen LogP contribution is 2.41. The fourth-order valence-corrected chi connectivity index (χ4v) is 6.44. The SMILES string of the molecule is Cc1c(-c2ccc(S(=O)(=O)N(C(=O)O)C(C)(C)C)s2)ccc(OCCCCl)c1OCCCCl. The van der Waals surface area contributed by atoms with Crippen molar-refractivity contribution >= 4 is 50.7 Å². The Balaban J connectivity index is 2.47. The molecule has 0 saturated heterocycles. The standard InChI is InChI=1S/C22H29Cl2NO6S2/c1-15-16(7-8-17(30-13-5-11-23)20(15)31-14-6-12-24)18-9-10-19(32-18)33(28,29)25(21(26)27)22(2,3)4/h7-10H,5-6,11-14H2,1-4H3,(H,26,27). The quantitative estimate of drug-likeness (QED) is 0.270. The number of sulfonamides is 1. The van der Waals surface area contributed by atoms with Gasteiger partial charge in [-0.15, -0.1) is 34.5 Å². The Morgan fingerprint density at radius 2 is 1.67 bits per heavy atom. The number of hydrogen-bond donors (Lipinski definition) is 1. The van der Waals surface area contributed by atoms with Gasteiger partial charge in [-0.2, -0.15) is 12.7 Å². The molecular formula is C22H29Cl2NO6S2. The monoisotopic (exact) mass is 537 g/mol. The van der Waals surface area contributed by atoms with Gasteiger partial charge >= 0.3 is 6.09 Å². The molecule has 0 saturated carbocycles. The minimum atomic E-state index is -4.24. The minimum Gasteiger partial charge on any atom is -0.490 e. The smallest absolute Gasteiger partial charge is 0.421 e. The second kappa shape index (κ2) is 11.6. The van der Waals surface area contributed by atoms with Gasteiger partial charge in [0.05, 0.1) is 18.8 Å². The van der Waals surface area contributed by atoms with Crippen molar-refractivity contribution in [1.29, 1.82) is 0 Å². The number of ether oxygens (including phenoxy) is 2. The topological polar surface area (TPSA) is 93.1 Å². The van der Waals surface area contributed by atoms with E-state index in [4.69, 9.17) is 32.7 Å². The maximum absolute atomic E-state index is 13.1. The van der Waals surface area contributed by atoms with Crippen LogP contribution in [-0.2, 0) is 10.0 Å². The minimum absolute atomic E-state index is 0.0544. The molecule has 1 heterocycles. The first-order valence-corrected chi connectivity index (χ1v) is 13.7. The van der Waals surface area contributed by atoms with Gasteiger partial charge in [0, 0.05) is 22.2 Å². The Labute approximate surface area is 209 Å². The molecule has 0 unspecified atom stereocenters. The van der Waals surface area contributed by atoms with E-state index < -0.39 is 21.7 Å². The molecule has 1 N–H and O–H groups in total. The zero-order valence-electron chi connectivity index (χ0n) is 19.1. The van der Waals surface area contributed by atoms with Gasteiger partial charge in [-0.1, -0.05) is 0 Å². The van der Waals surface area contributed by atoms with Crippen LogP contribution in [0.15, 0.2) is 28.5 Å². The van der Waals surface area contributed by atoms with Crippen LogP contribution in [0.2, 0.25) is 0 Å². The van der Waals surface area contributed by atoms with Crippen molar-refractivity contribution < 1.29 is 27.8 Å². The van der Waals surface area contributed by atoms with E-state index in [0.717, 1.165) is 22.5 Å². The zero-order chi connectivity index (χ0) is 24.8. The largest absolute Gasteiger partial charge is 0.490 e. The first-order chi connectivity index (χ1) is 15.4. The van der Waals surface area contributed by atoms with Gasteiger partial charge in [0.2, 0.25) is 0 Å². The van der Waals surface area contributed by atoms with Crippen LogP contribution in [0, 0.1) is 6.92 Å². The van der Waals surface area contributed by atoms with E-state index in [1.807, 2.05) is 13.0 Å². The lowest BCUT2D eigenvalue weighted by atomic mass is 10.1. The molecule has 7 nitrogen and oxygen atoms in total. The van der Waals surface area contributed by atoms with Crippen LogP contribution in [0.1, 0.15) is 39.2 Å². The van der Waals surface area contributed by atoms with E-state index in [9.17, 15) is 18.3 Å². The van der Waals surface area contributed by atoms with Crippen LogP contribution in [0.4, 0.5) is 4.79 Å². The van der Waals surface area contributed by atoms with Crippen molar-refractivity contribution in [2.75, 3.05) is 25.0 Å². The van der Waals surface area contributed by atoms with Crippen LogP contribution < -0.4 is 9.47 Å². The van der Waals surface area contributed by atoms with Crippen LogP contribution in [0.5, 0.6) is 11.5 Å². The lowest BCUT2D eigenvalue weighted by molar-refractivity contribution is 0.146. The Hall–Kier alpha value is -1.68. The number of carboxylic acid groups (broad SMARTS) is 1. The van der Waals surface area contributed by atoms with E-state index in [1.165, 1.54) is 26.8 Å². The molecule has 0 bridgehead atoms. The van der Waals surface area contributed by atoms with Crippen LogP contribution in [0.25, 0.3) is 10.4 Å². The molecule has 0 radical (unpaired) electrons. The molecule has 1 aromatic carbocycles. The zero-order valence-corrected chi connectivity index (χ0v) is 22.2. The third-order valence-electron chi connectivity index (χ3n) is 4.55. The lowest BCUT2D eigenvalue weighted by Gasteiger charge is -2.31. The van der Waals surface area contributed by atoms with Gasteiger partial charge < -0.3 is 14.6 Å². The Morgan fingerprint density at radius 1 is 1.06 bits per heavy atom. The van der Waals surface area contributed by atoms with Crippen molar-refractivity contribution in [1.82, 2.24) is 4.31 Å². The summed E-state index contributed by atoms with van der Waals surface area (Å²) in [6.07, 6.45) is -0.184. The van der Waals surface area contributed by atoms with E-state index in [-0.39, 0.29) is 4.21 Å². The van der Waals surface area contributed by atoms with Crippen molar-refractivity contribution in [2.45, 2.75) is 50.3 Å². The number of carbonyl (C=O) groups is 1. The summed E-state index contributed by atoms with van der Waals surface area (Å²) in [6, 6.07) is 6.70. The van der Waals surface area contributed by atoms with E-state index in [2.05, 4.69) is 0 Å². The number of hydrogen-bond acceptors (Lipinski definition) is 6. The van der Waals surface area contributed by atoms with E-state index >= 15 is 0 Å². The third kappa shape index (κ3) is 6.68. The number of thiophene rings is 1. The summed E-state index contributed by atoms with van der Waals surface area (Å²) in [6.45, 7) is 7.31. The molecule has 33 heavy (non-hydrogen) atoms. The fourth-order valence-electron chi connectivity index (χ4n) is 3.14. The number of alkyl halides is 2. The van der Waals surface area contributed by atoms with Gasteiger partial charge in [0.25, 0.3) is 10.0 Å². The van der Waals surface area contributed by atoms with Gasteiger partial charge in [-0.05, 0) is 70.4 Å². The molecule has 0 fully saturated rings. The molecule has 2 rings (SSSR count). The molecule has 184 valence electrons. The Bertz CT molecular complexity index is 1060. The molecule has 1 aromatic heterocycles. The predicted octanol–water partition coefficient (Wildman–Crippen LogP) is 6.21. The summed E-state index contributed by atoms with van der Waals surface area (Å²) in [7, 11) is -4.24. The second-order valence-electron chi connectivity index (χ2n) is 8.19. The van der Waals surface area contributed by atoms with Crippen molar-refractivity contribution in [3.05, 3.63) is 29.8 Å². The maximum atomic E-state index is 13.1. The highest BCUT2D eigenvalue weighted by Gasteiger charge is 2.39. The van der Waals surface area contributed by atoms with Crippen molar-refractivity contribution in [2.24, 2.45) is 0 Å². The van der Waals surface area contributed by atoms with Crippen molar-refractivity contribution in [3.8, 4) is 21.9 Å². The van der Waals surface area contributed by atoms with Gasteiger partial charge in [0.1, 0.15) is 4.21 Å². The first-order valence-electron chi connectivity index (χ1n) is 10.3. The fraction of sp³-hybridized carbons (Fsp3) is 0.500. The van der Waals surface area contributed by atoms with Crippen molar-refractivity contribution in [3.63, 3.8) is 0 Å². The molecule has 0 atom stereocenters. The summed E-state index contributed by atoms with van der Waals surface area (Å²) in [4.78, 5) is 12.4. The maximum Gasteiger partial charge on any atom is 0.421 e. The number of benzene rings is 1. The predicted molar refractivity (Wildman–Crippen MR) is 133 cm³/mol. The highest BCUT2D eigenvalue weighted by atomic mass is 35.5. The molecule has 0 aliphatic rings. The molecule has 1 amide bonds. The third-order valence-corrected chi connectivity index (χ3v) is 8.71. The normalized spacial score (nSPS) is 11.9. The molecule has 0 aliphatic heterocycles. The molecule has 2 aromatic rings. The van der Waals surface area contributed by atoms with E-state index in [1.54, 1.807) is 12.1 Å². The summed E-state index contributed by atoms with van der Waals surface area (Å²) < 4.78 is 38.4. The van der Waals surface area contributed by atoms with Crippen LogP contribution in [0.3, 0.4) is 0 Å². The van der Waals surface area contributed by atoms with E-state index in [0.29, 0.717) is 58.5 Å². The van der Waals surface area contributed by atoms with Gasteiger partial charge in [-0.3, -0.25) is 0 Å². The van der Waals surface area contributed by atoms with Crippen LogP contribution in [-0.4, -0.2) is 54.4 Å². The molecule has 0 spiro atoms. The van der Waals surface area contributed by atoms with Gasteiger partial charge in [0.15, 0.2) is 11.5 Å². The van der Waals surface area contributed by atoms with Gasteiger partial charge in [-0.25, -0.2) is 4.79 Å². The highest BCUT2D eigenvalue weighted by molar-refractivity contribution is 7.91. The second-order valence-corrected chi connectivity index (χ2v) is 12.0. The number of rotatable bonds is 11. The molecule has 11 heteroatoms. The Morgan fingerprint density at radius 3 is 2.21 bits per heavy atom. The first kappa shape index (κ1) is 27.6. The van der Waals surface area contributed by atoms with Crippen LogP contribution >= 0.6 is 34.5 Å². The summed E-state index contributed by atoms with van der Waals surface area (Å²) >= 11 is 12.5. The number of halogens is 2. The Kier molecular flexibility index (Phi) is 9.72. The molecular weight excluding hydrogens is 509 g/mol. The summed E-state index contributed by atoms with van der Waals surface area (Å²) in [5, 5.41) is 9.54. The number of amides is 1. The summed E-state index contributed by atoms with van der Waals surface area (Å²) in [5.41, 5.74) is 0.421. The lowest BCUT2D eigenvalue weighted by Crippen LogP contribution is -2.48. The molecule has 0 aliphatic carbocycles.